The largest absolute Gasteiger partial charge is 0.478 e. The van der Waals surface area contributed by atoms with Crippen LogP contribution in [0.15, 0.2) is 22.7 Å². The molecule has 0 saturated heterocycles. The number of carboxylic acids is 1. The number of carbonyl (C=O) groups is 1. The third-order valence-corrected chi connectivity index (χ3v) is 1.65. The monoisotopic (exact) mass is 249 g/mol. The molecule has 0 saturated carbocycles. The Morgan fingerprint density at radius 3 is 2.46 bits per heavy atom. The van der Waals surface area contributed by atoms with Gasteiger partial charge in [0.05, 0.1) is 5.56 Å². The SMILES string of the molecule is CN.O=C(O)c1ccc(Br)cc1F. The lowest BCUT2D eigenvalue weighted by Crippen LogP contribution is -1.99. The zero-order valence-electron chi connectivity index (χ0n) is 6.92. The number of hydrogen-bond donors (Lipinski definition) is 2. The van der Waals surface area contributed by atoms with Gasteiger partial charge in [0, 0.05) is 4.47 Å². The summed E-state index contributed by atoms with van der Waals surface area (Å²) in [6.45, 7) is 0. The van der Waals surface area contributed by atoms with Gasteiger partial charge in [-0.3, -0.25) is 0 Å². The maximum Gasteiger partial charge on any atom is 0.338 e. The molecule has 0 aliphatic heterocycles. The summed E-state index contributed by atoms with van der Waals surface area (Å²) in [6, 6.07) is 3.80. The van der Waals surface area contributed by atoms with Gasteiger partial charge in [-0.15, -0.1) is 0 Å². The van der Waals surface area contributed by atoms with Crippen LogP contribution in [0.3, 0.4) is 0 Å². The average Bonchev–Trinajstić information content (AvgIpc) is 2.07. The molecule has 0 unspecified atom stereocenters. The van der Waals surface area contributed by atoms with Crippen molar-refractivity contribution in [3.8, 4) is 0 Å². The van der Waals surface area contributed by atoms with Gasteiger partial charge in [0.1, 0.15) is 5.82 Å². The minimum absolute atomic E-state index is 0.312. The molecule has 0 heterocycles. The van der Waals surface area contributed by atoms with Crippen molar-refractivity contribution in [1.29, 1.82) is 0 Å². The Morgan fingerprint density at radius 2 is 2.08 bits per heavy atom. The first-order chi connectivity index (χ1) is 6.11. The normalized spacial score (nSPS) is 8.62. The molecule has 3 N–H and O–H groups in total. The van der Waals surface area contributed by atoms with E-state index in [2.05, 4.69) is 21.7 Å². The number of carboxylic acid groups (broad SMARTS) is 1. The van der Waals surface area contributed by atoms with Crippen LogP contribution in [0.1, 0.15) is 10.4 Å². The van der Waals surface area contributed by atoms with Crippen LogP contribution < -0.4 is 5.73 Å². The summed E-state index contributed by atoms with van der Waals surface area (Å²) in [6.07, 6.45) is 0. The van der Waals surface area contributed by atoms with Crippen LogP contribution in [-0.4, -0.2) is 18.1 Å². The standard InChI is InChI=1S/C7H4BrFO2.CH5N/c8-4-1-2-5(7(10)11)6(9)3-4;1-2/h1-3H,(H,10,11);2H2,1H3. The Balaban J connectivity index is 0.000000671. The highest BCUT2D eigenvalue weighted by Crippen LogP contribution is 2.14. The predicted octanol–water partition coefficient (Wildman–Crippen LogP) is 1.86. The fourth-order valence-electron chi connectivity index (χ4n) is 0.663. The minimum Gasteiger partial charge on any atom is -0.478 e. The molecule has 0 radical (unpaired) electrons. The molecule has 0 atom stereocenters. The number of aromatic carboxylic acids is 1. The molecule has 1 rings (SSSR count). The van der Waals surface area contributed by atoms with E-state index in [0.717, 1.165) is 6.07 Å². The maximum absolute atomic E-state index is 12.7. The summed E-state index contributed by atoms with van der Waals surface area (Å²) in [5.41, 5.74) is 4.19. The van der Waals surface area contributed by atoms with Gasteiger partial charge in [-0.25, -0.2) is 9.18 Å². The van der Waals surface area contributed by atoms with Crippen molar-refractivity contribution in [3.63, 3.8) is 0 Å². The molecule has 0 aliphatic rings. The fourth-order valence-corrected chi connectivity index (χ4v) is 0.996. The second-order valence-corrected chi connectivity index (χ2v) is 2.84. The molecule has 5 heteroatoms. The summed E-state index contributed by atoms with van der Waals surface area (Å²) in [5, 5.41) is 8.40. The number of benzene rings is 1. The van der Waals surface area contributed by atoms with Crippen LogP contribution in [0.2, 0.25) is 0 Å². The molecule has 0 spiro atoms. The highest BCUT2D eigenvalue weighted by Gasteiger charge is 2.08. The van der Waals surface area contributed by atoms with Crippen molar-refractivity contribution in [1.82, 2.24) is 0 Å². The summed E-state index contributed by atoms with van der Waals surface area (Å²) < 4.78 is 13.2. The molecule has 0 aliphatic carbocycles. The second kappa shape index (κ2) is 5.66. The Bertz CT molecular complexity index is 304. The predicted molar refractivity (Wildman–Crippen MR) is 51.2 cm³/mol. The summed E-state index contributed by atoms with van der Waals surface area (Å²) >= 11 is 3.01. The fraction of sp³-hybridized carbons (Fsp3) is 0.125. The first kappa shape index (κ1) is 12.1. The molecule has 3 nitrogen and oxygen atoms in total. The summed E-state index contributed by atoms with van der Waals surface area (Å²) in [7, 11) is 1.50. The lowest BCUT2D eigenvalue weighted by Gasteiger charge is -1.95. The van der Waals surface area contributed by atoms with Gasteiger partial charge in [-0.1, -0.05) is 15.9 Å². The van der Waals surface area contributed by atoms with E-state index in [4.69, 9.17) is 5.11 Å². The third kappa shape index (κ3) is 3.52. The van der Waals surface area contributed by atoms with E-state index < -0.39 is 11.8 Å². The minimum atomic E-state index is -1.25. The van der Waals surface area contributed by atoms with E-state index in [9.17, 15) is 9.18 Å². The number of halogens is 2. The smallest absolute Gasteiger partial charge is 0.338 e. The summed E-state index contributed by atoms with van der Waals surface area (Å²) in [4.78, 5) is 10.3. The highest BCUT2D eigenvalue weighted by molar-refractivity contribution is 9.10. The van der Waals surface area contributed by atoms with Gasteiger partial charge in [-0.2, -0.15) is 0 Å². The van der Waals surface area contributed by atoms with E-state index in [0.29, 0.717) is 4.47 Å². The van der Waals surface area contributed by atoms with Gasteiger partial charge in [0.25, 0.3) is 0 Å². The molecule has 1 aromatic carbocycles. The molecule has 0 aromatic heterocycles. The van der Waals surface area contributed by atoms with Crippen LogP contribution in [0.4, 0.5) is 4.39 Å². The van der Waals surface area contributed by atoms with Gasteiger partial charge < -0.3 is 10.8 Å². The van der Waals surface area contributed by atoms with Crippen molar-refractivity contribution < 1.29 is 14.3 Å². The number of nitrogens with two attached hydrogens (primary N) is 1. The van der Waals surface area contributed by atoms with E-state index in [1.165, 1.54) is 19.2 Å². The van der Waals surface area contributed by atoms with E-state index >= 15 is 0 Å². The van der Waals surface area contributed by atoms with Crippen LogP contribution in [0.25, 0.3) is 0 Å². The average molecular weight is 250 g/mol. The van der Waals surface area contributed by atoms with Gasteiger partial charge in [0.2, 0.25) is 0 Å². The molecule has 0 fully saturated rings. The Morgan fingerprint density at radius 1 is 1.54 bits per heavy atom. The molecule has 1 aromatic rings. The Labute approximate surface area is 83.5 Å². The van der Waals surface area contributed by atoms with Crippen molar-refractivity contribution in [2.45, 2.75) is 0 Å². The Hall–Kier alpha value is -0.940. The molecule has 0 amide bonds. The topological polar surface area (TPSA) is 63.3 Å². The van der Waals surface area contributed by atoms with Crippen LogP contribution >= 0.6 is 15.9 Å². The van der Waals surface area contributed by atoms with Crippen molar-refractivity contribution in [2.75, 3.05) is 7.05 Å². The van der Waals surface area contributed by atoms with Gasteiger partial charge in [0.15, 0.2) is 0 Å². The first-order valence-electron chi connectivity index (χ1n) is 3.37. The molecule has 72 valence electrons. The van der Waals surface area contributed by atoms with Gasteiger partial charge >= 0.3 is 5.97 Å². The molecular weight excluding hydrogens is 241 g/mol. The molecular formula is C8H9BrFNO2. The maximum atomic E-state index is 12.7. The lowest BCUT2D eigenvalue weighted by atomic mass is 10.2. The van der Waals surface area contributed by atoms with Crippen molar-refractivity contribution >= 4 is 21.9 Å². The molecule has 0 bridgehead atoms. The van der Waals surface area contributed by atoms with E-state index in [1.807, 2.05) is 0 Å². The second-order valence-electron chi connectivity index (χ2n) is 1.93. The third-order valence-electron chi connectivity index (χ3n) is 1.16. The van der Waals surface area contributed by atoms with Crippen molar-refractivity contribution in [3.05, 3.63) is 34.1 Å². The van der Waals surface area contributed by atoms with Crippen molar-refractivity contribution in [2.24, 2.45) is 5.73 Å². The first-order valence-corrected chi connectivity index (χ1v) is 4.16. The Kier molecular flexibility index (Phi) is 5.25. The number of hydrogen-bond acceptors (Lipinski definition) is 2. The zero-order valence-corrected chi connectivity index (χ0v) is 8.51. The lowest BCUT2D eigenvalue weighted by molar-refractivity contribution is 0.0692. The zero-order chi connectivity index (χ0) is 10.4. The summed E-state index contributed by atoms with van der Waals surface area (Å²) in [5.74, 6) is -1.98. The quantitative estimate of drug-likeness (QED) is 0.799. The highest BCUT2D eigenvalue weighted by atomic mass is 79.9. The van der Waals surface area contributed by atoms with Crippen LogP contribution in [0, 0.1) is 5.82 Å². The van der Waals surface area contributed by atoms with Crippen LogP contribution in [-0.2, 0) is 0 Å². The van der Waals surface area contributed by atoms with E-state index in [1.54, 1.807) is 0 Å². The molecule has 13 heavy (non-hydrogen) atoms. The van der Waals surface area contributed by atoms with Crippen LogP contribution in [0.5, 0.6) is 0 Å². The number of rotatable bonds is 1. The van der Waals surface area contributed by atoms with E-state index in [-0.39, 0.29) is 5.56 Å². The van der Waals surface area contributed by atoms with Gasteiger partial charge in [-0.05, 0) is 25.2 Å².